The Kier molecular flexibility index (Phi) is 4.64. The molecule has 142 valence electrons. The lowest BCUT2D eigenvalue weighted by molar-refractivity contribution is -0.158. The lowest BCUT2D eigenvalue weighted by Crippen LogP contribution is -2.49. The van der Waals surface area contributed by atoms with E-state index in [1.807, 2.05) is 49.4 Å². The second-order valence-corrected chi connectivity index (χ2v) is 7.91. The number of carbonyl (C=O) groups is 1. The van der Waals surface area contributed by atoms with Crippen LogP contribution < -0.4 is 4.74 Å². The maximum absolute atomic E-state index is 13.1. The first-order chi connectivity index (χ1) is 12.6. The van der Waals surface area contributed by atoms with Gasteiger partial charge in [0.25, 0.3) is 0 Å². The van der Waals surface area contributed by atoms with E-state index in [1.54, 1.807) is 34.8 Å². The van der Waals surface area contributed by atoms with Crippen molar-refractivity contribution in [1.29, 1.82) is 0 Å². The average Bonchev–Trinajstić information content (AvgIpc) is 2.61. The molecule has 0 amide bonds. The Morgan fingerprint density at radius 2 is 1.63 bits per heavy atom. The van der Waals surface area contributed by atoms with Crippen molar-refractivity contribution in [3.63, 3.8) is 0 Å². The second kappa shape index (κ2) is 6.54. The van der Waals surface area contributed by atoms with Crippen molar-refractivity contribution in [1.82, 2.24) is 0 Å². The monoisotopic (exact) mass is 366 g/mol. The number of aryl methyl sites for hydroxylation is 1. The van der Waals surface area contributed by atoms with Crippen LogP contribution in [0.2, 0.25) is 0 Å². The highest BCUT2D eigenvalue weighted by molar-refractivity contribution is 6.26. The van der Waals surface area contributed by atoms with Gasteiger partial charge in [0.15, 0.2) is 5.78 Å². The number of rotatable bonds is 3. The van der Waals surface area contributed by atoms with Crippen LogP contribution in [-0.2, 0) is 9.53 Å². The van der Waals surface area contributed by atoms with E-state index in [2.05, 4.69) is 0 Å². The second-order valence-electron chi connectivity index (χ2n) is 7.91. The van der Waals surface area contributed by atoms with Crippen LogP contribution in [-0.4, -0.2) is 29.2 Å². The van der Waals surface area contributed by atoms with Crippen LogP contribution in [0.25, 0.3) is 16.7 Å². The van der Waals surface area contributed by atoms with Crippen LogP contribution >= 0.6 is 0 Å². The van der Waals surface area contributed by atoms with Gasteiger partial charge in [-0.1, -0.05) is 30.3 Å². The van der Waals surface area contributed by atoms with E-state index in [4.69, 9.17) is 9.47 Å². The SMILES string of the molecule is COc1ccccc1-c1ccc(C)c(C2=C(O)C(C)(C)OC(C)(C)C2=O)c1. The molecule has 1 aliphatic rings. The number of aliphatic hydroxyl groups is 1. The van der Waals surface area contributed by atoms with E-state index in [0.717, 1.165) is 22.4 Å². The highest BCUT2D eigenvalue weighted by Gasteiger charge is 2.47. The molecular formula is C23H26O4. The van der Waals surface area contributed by atoms with Gasteiger partial charge < -0.3 is 14.6 Å². The van der Waals surface area contributed by atoms with Crippen LogP contribution in [0.1, 0.15) is 38.8 Å². The summed E-state index contributed by atoms with van der Waals surface area (Å²) in [7, 11) is 1.63. The zero-order valence-corrected chi connectivity index (χ0v) is 16.7. The molecule has 0 aliphatic carbocycles. The van der Waals surface area contributed by atoms with Gasteiger partial charge in [-0.05, 0) is 63.4 Å². The molecule has 0 atom stereocenters. The molecule has 4 nitrogen and oxygen atoms in total. The minimum atomic E-state index is -1.02. The molecule has 0 saturated carbocycles. The number of carbonyl (C=O) groups excluding carboxylic acids is 1. The molecule has 2 aromatic carbocycles. The summed E-state index contributed by atoms with van der Waals surface area (Å²) in [5.41, 5.74) is 1.84. The van der Waals surface area contributed by atoms with Crippen LogP contribution in [0.5, 0.6) is 5.75 Å². The maximum Gasteiger partial charge on any atom is 0.198 e. The predicted molar refractivity (Wildman–Crippen MR) is 107 cm³/mol. The van der Waals surface area contributed by atoms with Gasteiger partial charge in [-0.25, -0.2) is 0 Å². The highest BCUT2D eigenvalue weighted by Crippen LogP contribution is 2.42. The highest BCUT2D eigenvalue weighted by atomic mass is 16.5. The van der Waals surface area contributed by atoms with Crippen molar-refractivity contribution in [2.24, 2.45) is 0 Å². The fraction of sp³-hybridized carbons (Fsp3) is 0.348. The Bertz CT molecular complexity index is 935. The minimum absolute atomic E-state index is 0.0351. The van der Waals surface area contributed by atoms with E-state index >= 15 is 0 Å². The Hall–Kier alpha value is -2.59. The molecule has 2 aromatic rings. The number of aliphatic hydroxyl groups excluding tert-OH is 1. The van der Waals surface area contributed by atoms with Gasteiger partial charge in [-0.3, -0.25) is 4.79 Å². The maximum atomic E-state index is 13.1. The summed E-state index contributed by atoms with van der Waals surface area (Å²) in [4.78, 5) is 13.1. The number of benzene rings is 2. The van der Waals surface area contributed by atoms with Gasteiger partial charge in [-0.15, -0.1) is 0 Å². The largest absolute Gasteiger partial charge is 0.508 e. The fourth-order valence-electron chi connectivity index (χ4n) is 3.63. The smallest absolute Gasteiger partial charge is 0.198 e. The zero-order valence-electron chi connectivity index (χ0n) is 16.7. The molecule has 1 heterocycles. The molecule has 0 spiro atoms. The third-order valence-electron chi connectivity index (χ3n) is 5.02. The summed E-state index contributed by atoms with van der Waals surface area (Å²) >= 11 is 0. The molecule has 0 fully saturated rings. The number of para-hydroxylation sites is 1. The molecule has 4 heteroatoms. The predicted octanol–water partition coefficient (Wildman–Crippen LogP) is 5.10. The summed E-state index contributed by atoms with van der Waals surface area (Å²) < 4.78 is 11.3. The van der Waals surface area contributed by atoms with Crippen LogP contribution in [0.15, 0.2) is 48.2 Å². The quantitative estimate of drug-likeness (QED) is 0.821. The van der Waals surface area contributed by atoms with Crippen molar-refractivity contribution < 1.29 is 19.4 Å². The van der Waals surface area contributed by atoms with Gasteiger partial charge >= 0.3 is 0 Å². The van der Waals surface area contributed by atoms with Crippen molar-refractivity contribution in [2.75, 3.05) is 7.11 Å². The van der Waals surface area contributed by atoms with Crippen LogP contribution in [0, 0.1) is 6.92 Å². The molecule has 0 unspecified atom stereocenters. The Morgan fingerprint density at radius 1 is 0.963 bits per heavy atom. The molecule has 0 radical (unpaired) electrons. The van der Waals surface area contributed by atoms with Crippen molar-refractivity contribution in [3.8, 4) is 16.9 Å². The van der Waals surface area contributed by atoms with Crippen LogP contribution in [0.4, 0.5) is 0 Å². The van der Waals surface area contributed by atoms with Gasteiger partial charge in [-0.2, -0.15) is 0 Å². The Morgan fingerprint density at radius 3 is 2.30 bits per heavy atom. The standard InChI is InChI=1S/C23H26O4/c1-14-11-12-15(16-9-7-8-10-18(16)26-6)13-17(14)19-20(24)22(2,3)27-23(4,5)21(19)25/h7-13,24H,1-6H3. The normalized spacial score (nSPS) is 18.5. The molecule has 0 saturated heterocycles. The summed E-state index contributed by atoms with van der Waals surface area (Å²) in [5.74, 6) is 0.496. The molecule has 1 aliphatic heterocycles. The van der Waals surface area contributed by atoms with Gasteiger partial charge in [0, 0.05) is 5.56 Å². The Balaban J connectivity index is 2.24. The molecular weight excluding hydrogens is 340 g/mol. The Labute approximate surface area is 160 Å². The first-order valence-corrected chi connectivity index (χ1v) is 9.01. The molecule has 3 rings (SSSR count). The summed E-state index contributed by atoms with van der Waals surface area (Å²) in [5, 5.41) is 10.8. The number of ketones is 1. The van der Waals surface area contributed by atoms with E-state index in [1.165, 1.54) is 0 Å². The van der Waals surface area contributed by atoms with Gasteiger partial charge in [0.05, 0.1) is 12.7 Å². The van der Waals surface area contributed by atoms with E-state index in [9.17, 15) is 9.90 Å². The van der Waals surface area contributed by atoms with E-state index < -0.39 is 11.2 Å². The topological polar surface area (TPSA) is 55.8 Å². The summed E-state index contributed by atoms with van der Waals surface area (Å²) in [6.07, 6.45) is 0. The van der Waals surface area contributed by atoms with Crippen molar-refractivity contribution in [3.05, 3.63) is 59.4 Å². The first-order valence-electron chi connectivity index (χ1n) is 9.01. The fourth-order valence-corrected chi connectivity index (χ4v) is 3.63. The van der Waals surface area contributed by atoms with Gasteiger partial charge in [0.1, 0.15) is 22.7 Å². The average molecular weight is 366 g/mol. The van der Waals surface area contributed by atoms with E-state index in [0.29, 0.717) is 11.1 Å². The molecule has 27 heavy (non-hydrogen) atoms. The zero-order chi connectivity index (χ0) is 20.0. The number of hydrogen-bond acceptors (Lipinski definition) is 4. The number of ether oxygens (including phenoxy) is 2. The van der Waals surface area contributed by atoms with E-state index in [-0.39, 0.29) is 11.5 Å². The molecule has 0 bridgehead atoms. The van der Waals surface area contributed by atoms with Crippen molar-refractivity contribution in [2.45, 2.75) is 45.8 Å². The summed E-state index contributed by atoms with van der Waals surface area (Å²) in [6, 6.07) is 13.6. The van der Waals surface area contributed by atoms with Crippen LogP contribution in [0.3, 0.4) is 0 Å². The lowest BCUT2D eigenvalue weighted by atomic mass is 9.81. The first kappa shape index (κ1) is 19.2. The summed E-state index contributed by atoms with van der Waals surface area (Å²) in [6.45, 7) is 8.96. The lowest BCUT2D eigenvalue weighted by Gasteiger charge is -2.40. The van der Waals surface area contributed by atoms with Crippen molar-refractivity contribution >= 4 is 11.4 Å². The minimum Gasteiger partial charge on any atom is -0.508 e. The number of methoxy groups -OCH3 is 1. The molecule has 1 N–H and O–H groups in total. The third-order valence-corrected chi connectivity index (χ3v) is 5.02. The molecule has 0 aromatic heterocycles. The number of Topliss-reactive ketones (excluding diaryl/α,β-unsaturated/α-hetero) is 1. The number of hydrogen-bond donors (Lipinski definition) is 1. The van der Waals surface area contributed by atoms with Gasteiger partial charge in [0.2, 0.25) is 0 Å². The third kappa shape index (κ3) is 3.26.